The summed E-state index contributed by atoms with van der Waals surface area (Å²) in [6.45, 7) is 6.27. The molecule has 7 heteroatoms. The molecule has 2 aromatic rings. The Balaban J connectivity index is 1.39. The number of ether oxygens (including phenoxy) is 2. The van der Waals surface area contributed by atoms with Gasteiger partial charge in [0.05, 0.1) is 11.8 Å². The van der Waals surface area contributed by atoms with E-state index in [1.807, 2.05) is 19.2 Å². The maximum Gasteiger partial charge on any atom is 0.226 e. The minimum Gasteiger partial charge on any atom is -0.444 e. The molecule has 1 N–H and O–H groups in total. The molecule has 0 radical (unpaired) electrons. The molecule has 0 saturated carbocycles. The standard InChI is InChI=1S/C23H34N4O3/c1-18-5-7-19(8-6-18)22-26-20(17-30-22)9-12-25-23(24-2)27-13-10-21(11-14-27)29-16-4-15-28-3/h5-8,17,21H,4,9-16H2,1-3H3,(H,24,25). The van der Waals surface area contributed by atoms with Crippen LogP contribution in [0.5, 0.6) is 0 Å². The second kappa shape index (κ2) is 11.7. The summed E-state index contributed by atoms with van der Waals surface area (Å²) in [5, 5.41) is 3.46. The molecule has 1 saturated heterocycles. The number of nitrogens with one attached hydrogen (secondary N) is 1. The molecule has 2 heterocycles. The molecule has 30 heavy (non-hydrogen) atoms. The van der Waals surface area contributed by atoms with Crippen molar-refractivity contribution < 1.29 is 13.9 Å². The maximum atomic E-state index is 5.95. The van der Waals surface area contributed by atoms with Crippen LogP contribution in [0.3, 0.4) is 0 Å². The van der Waals surface area contributed by atoms with Crippen molar-refractivity contribution in [3.05, 3.63) is 41.8 Å². The first-order chi connectivity index (χ1) is 14.7. The van der Waals surface area contributed by atoms with E-state index in [0.29, 0.717) is 12.0 Å². The minimum atomic E-state index is 0.339. The Morgan fingerprint density at radius 3 is 2.70 bits per heavy atom. The number of oxazole rings is 1. The van der Waals surface area contributed by atoms with E-state index in [0.717, 1.165) is 75.7 Å². The molecule has 164 valence electrons. The van der Waals surface area contributed by atoms with Crippen molar-refractivity contribution in [1.82, 2.24) is 15.2 Å². The van der Waals surface area contributed by atoms with E-state index >= 15 is 0 Å². The van der Waals surface area contributed by atoms with Gasteiger partial charge in [0.25, 0.3) is 0 Å². The highest BCUT2D eigenvalue weighted by atomic mass is 16.5. The zero-order chi connectivity index (χ0) is 21.2. The molecule has 0 spiro atoms. The maximum absolute atomic E-state index is 5.95. The lowest BCUT2D eigenvalue weighted by molar-refractivity contribution is 0.00992. The van der Waals surface area contributed by atoms with Crippen LogP contribution in [0.1, 0.15) is 30.5 Å². The normalized spacial score (nSPS) is 15.6. The Hall–Kier alpha value is -2.38. The van der Waals surface area contributed by atoms with Gasteiger partial charge in [-0.15, -0.1) is 0 Å². The van der Waals surface area contributed by atoms with Crippen molar-refractivity contribution >= 4 is 5.96 Å². The summed E-state index contributed by atoms with van der Waals surface area (Å²) in [7, 11) is 3.56. The number of guanidine groups is 1. The van der Waals surface area contributed by atoms with Gasteiger partial charge in [-0.1, -0.05) is 17.7 Å². The first-order valence-corrected chi connectivity index (χ1v) is 10.8. The average molecular weight is 415 g/mol. The summed E-state index contributed by atoms with van der Waals surface area (Å²) < 4.78 is 16.7. The molecule has 0 unspecified atom stereocenters. The quantitative estimate of drug-likeness (QED) is 0.386. The summed E-state index contributed by atoms with van der Waals surface area (Å²) in [6, 6.07) is 8.21. The van der Waals surface area contributed by atoms with Crippen molar-refractivity contribution in [2.45, 2.75) is 38.7 Å². The van der Waals surface area contributed by atoms with Gasteiger partial charge in [0.1, 0.15) is 6.26 Å². The number of rotatable bonds is 9. The highest BCUT2D eigenvalue weighted by Crippen LogP contribution is 2.19. The minimum absolute atomic E-state index is 0.339. The van der Waals surface area contributed by atoms with Crippen molar-refractivity contribution in [2.75, 3.05) is 47.0 Å². The van der Waals surface area contributed by atoms with Crippen molar-refractivity contribution in [2.24, 2.45) is 4.99 Å². The molecular formula is C23H34N4O3. The Morgan fingerprint density at radius 1 is 1.23 bits per heavy atom. The fourth-order valence-corrected chi connectivity index (χ4v) is 3.57. The number of methoxy groups -OCH3 is 1. The highest BCUT2D eigenvalue weighted by molar-refractivity contribution is 5.79. The predicted octanol–water partition coefficient (Wildman–Crippen LogP) is 3.29. The van der Waals surface area contributed by atoms with Gasteiger partial charge in [-0.25, -0.2) is 4.98 Å². The monoisotopic (exact) mass is 414 g/mol. The van der Waals surface area contributed by atoms with Gasteiger partial charge in [0.15, 0.2) is 5.96 Å². The fraction of sp³-hybridized carbons (Fsp3) is 0.565. The Bertz CT molecular complexity index is 780. The van der Waals surface area contributed by atoms with E-state index in [4.69, 9.17) is 13.9 Å². The van der Waals surface area contributed by atoms with Crippen LogP contribution in [0.15, 0.2) is 39.9 Å². The largest absolute Gasteiger partial charge is 0.444 e. The molecule has 7 nitrogen and oxygen atoms in total. The molecule has 1 aliphatic heterocycles. The third-order valence-corrected chi connectivity index (χ3v) is 5.31. The summed E-state index contributed by atoms with van der Waals surface area (Å²) >= 11 is 0. The second-order valence-electron chi connectivity index (χ2n) is 7.64. The third-order valence-electron chi connectivity index (χ3n) is 5.31. The number of hydrogen-bond acceptors (Lipinski definition) is 5. The van der Waals surface area contributed by atoms with E-state index in [9.17, 15) is 0 Å². The second-order valence-corrected chi connectivity index (χ2v) is 7.64. The molecule has 0 aliphatic carbocycles. The van der Waals surface area contributed by atoms with Crippen LogP contribution in [0.4, 0.5) is 0 Å². The molecular weight excluding hydrogens is 380 g/mol. The van der Waals surface area contributed by atoms with E-state index < -0.39 is 0 Å². The number of aliphatic imine (C=N–C) groups is 1. The Labute approximate surface area is 179 Å². The van der Waals surface area contributed by atoms with Crippen LogP contribution in [-0.4, -0.2) is 69.0 Å². The molecule has 3 rings (SSSR count). The summed E-state index contributed by atoms with van der Waals surface area (Å²) in [5.41, 5.74) is 3.17. The van der Waals surface area contributed by atoms with Gasteiger partial charge in [0, 0.05) is 59.0 Å². The lowest BCUT2D eigenvalue weighted by atomic mass is 10.1. The summed E-state index contributed by atoms with van der Waals surface area (Å²) in [6.07, 6.45) is 5.87. The molecule has 0 bridgehead atoms. The number of piperidine rings is 1. The van der Waals surface area contributed by atoms with Crippen molar-refractivity contribution in [3.8, 4) is 11.5 Å². The first-order valence-electron chi connectivity index (χ1n) is 10.8. The van der Waals surface area contributed by atoms with Gasteiger partial charge in [-0.05, 0) is 38.3 Å². The van der Waals surface area contributed by atoms with E-state index in [1.165, 1.54) is 5.56 Å². The van der Waals surface area contributed by atoms with Gasteiger partial charge >= 0.3 is 0 Å². The highest BCUT2D eigenvalue weighted by Gasteiger charge is 2.21. The lowest BCUT2D eigenvalue weighted by Gasteiger charge is -2.34. The van der Waals surface area contributed by atoms with Crippen LogP contribution < -0.4 is 5.32 Å². The van der Waals surface area contributed by atoms with Gasteiger partial charge in [-0.3, -0.25) is 4.99 Å². The first kappa shape index (κ1) is 22.3. The van der Waals surface area contributed by atoms with Crippen LogP contribution in [0, 0.1) is 6.92 Å². The predicted molar refractivity (Wildman–Crippen MR) is 119 cm³/mol. The Morgan fingerprint density at radius 2 is 2.00 bits per heavy atom. The molecule has 1 fully saturated rings. The molecule has 1 aromatic heterocycles. The zero-order valence-corrected chi connectivity index (χ0v) is 18.4. The number of likely N-dealkylation sites (tertiary alicyclic amines) is 1. The third kappa shape index (κ3) is 6.57. The van der Waals surface area contributed by atoms with E-state index in [1.54, 1.807) is 13.4 Å². The van der Waals surface area contributed by atoms with Gasteiger partial charge in [0.2, 0.25) is 5.89 Å². The smallest absolute Gasteiger partial charge is 0.226 e. The number of nitrogens with zero attached hydrogens (tertiary/aromatic N) is 3. The zero-order valence-electron chi connectivity index (χ0n) is 18.4. The van der Waals surface area contributed by atoms with Crippen molar-refractivity contribution in [1.29, 1.82) is 0 Å². The van der Waals surface area contributed by atoms with Gasteiger partial charge < -0.3 is 24.1 Å². The Kier molecular flexibility index (Phi) is 8.71. The molecule has 0 atom stereocenters. The van der Waals surface area contributed by atoms with Crippen LogP contribution in [0.25, 0.3) is 11.5 Å². The average Bonchev–Trinajstić information content (AvgIpc) is 3.24. The van der Waals surface area contributed by atoms with Crippen molar-refractivity contribution in [3.63, 3.8) is 0 Å². The summed E-state index contributed by atoms with van der Waals surface area (Å²) in [4.78, 5) is 11.4. The summed E-state index contributed by atoms with van der Waals surface area (Å²) in [5.74, 6) is 1.61. The van der Waals surface area contributed by atoms with E-state index in [-0.39, 0.29) is 0 Å². The number of aromatic nitrogens is 1. The van der Waals surface area contributed by atoms with Gasteiger partial charge in [-0.2, -0.15) is 0 Å². The molecule has 1 aromatic carbocycles. The van der Waals surface area contributed by atoms with E-state index in [2.05, 4.69) is 39.2 Å². The molecule has 0 amide bonds. The SMILES string of the molecule is CN=C(NCCc1coc(-c2ccc(C)cc2)n1)N1CCC(OCCCOC)CC1. The number of benzene rings is 1. The number of hydrogen-bond donors (Lipinski definition) is 1. The topological polar surface area (TPSA) is 72.1 Å². The molecule has 1 aliphatic rings. The van der Waals surface area contributed by atoms with Crippen LogP contribution in [-0.2, 0) is 15.9 Å². The number of aryl methyl sites for hydroxylation is 1. The van der Waals surface area contributed by atoms with Crippen LogP contribution in [0.2, 0.25) is 0 Å². The fourth-order valence-electron chi connectivity index (χ4n) is 3.57. The lowest BCUT2D eigenvalue weighted by Crippen LogP contribution is -2.47. The van der Waals surface area contributed by atoms with Crippen LogP contribution >= 0.6 is 0 Å².